The number of hydrogen-bond acceptors (Lipinski definition) is 4. The summed E-state index contributed by atoms with van der Waals surface area (Å²) >= 11 is 0. The molecule has 8 heteroatoms. The SMILES string of the molecule is CCn1cc(S(=O)(=O)NC2CCC(C(=O)O)CC2)cn1. The average molecular weight is 301 g/mol. The second kappa shape index (κ2) is 5.92. The van der Waals surface area contributed by atoms with Gasteiger partial charge in [-0.05, 0) is 32.6 Å². The first-order valence-corrected chi connectivity index (χ1v) is 8.18. The van der Waals surface area contributed by atoms with E-state index in [0.717, 1.165) is 0 Å². The van der Waals surface area contributed by atoms with Crippen LogP contribution in [0.5, 0.6) is 0 Å². The van der Waals surface area contributed by atoms with Gasteiger partial charge < -0.3 is 5.11 Å². The molecule has 0 aromatic carbocycles. The molecule has 0 unspecified atom stereocenters. The highest BCUT2D eigenvalue weighted by molar-refractivity contribution is 7.89. The number of nitrogens with zero attached hydrogens (tertiary/aromatic N) is 2. The van der Waals surface area contributed by atoms with Crippen molar-refractivity contribution in [3.63, 3.8) is 0 Å². The third-order valence-electron chi connectivity index (χ3n) is 3.64. The van der Waals surface area contributed by atoms with Crippen LogP contribution in [0.1, 0.15) is 32.6 Å². The van der Waals surface area contributed by atoms with Crippen molar-refractivity contribution in [2.24, 2.45) is 5.92 Å². The zero-order valence-electron chi connectivity index (χ0n) is 11.3. The van der Waals surface area contributed by atoms with E-state index in [1.165, 1.54) is 12.4 Å². The lowest BCUT2D eigenvalue weighted by Gasteiger charge is -2.26. The highest BCUT2D eigenvalue weighted by atomic mass is 32.2. The number of carboxylic acids is 1. The van der Waals surface area contributed by atoms with Crippen LogP contribution >= 0.6 is 0 Å². The van der Waals surface area contributed by atoms with Gasteiger partial charge in [0.25, 0.3) is 0 Å². The number of aromatic nitrogens is 2. The number of sulfonamides is 1. The van der Waals surface area contributed by atoms with Gasteiger partial charge in [0.1, 0.15) is 4.90 Å². The molecule has 0 spiro atoms. The number of carboxylic acid groups (broad SMARTS) is 1. The predicted octanol–water partition coefficient (Wildman–Crippen LogP) is 0.825. The first kappa shape index (κ1) is 15.0. The molecule has 1 heterocycles. The summed E-state index contributed by atoms with van der Waals surface area (Å²) in [6, 6.07) is -0.194. The lowest BCUT2D eigenvalue weighted by atomic mass is 9.87. The summed E-state index contributed by atoms with van der Waals surface area (Å²) in [5, 5.41) is 12.9. The van der Waals surface area contributed by atoms with Crippen molar-refractivity contribution in [2.75, 3.05) is 0 Å². The third kappa shape index (κ3) is 3.37. The Labute approximate surface area is 118 Å². The fourth-order valence-electron chi connectivity index (χ4n) is 2.40. The standard InChI is InChI=1S/C12H19N3O4S/c1-2-15-8-11(7-13-15)20(18,19)14-10-5-3-9(4-6-10)12(16)17/h7-10,14H,2-6H2,1H3,(H,16,17). The Hall–Kier alpha value is -1.41. The highest BCUT2D eigenvalue weighted by Crippen LogP contribution is 2.25. The van der Waals surface area contributed by atoms with Gasteiger partial charge in [0, 0.05) is 18.8 Å². The van der Waals surface area contributed by atoms with Gasteiger partial charge in [-0.1, -0.05) is 0 Å². The summed E-state index contributed by atoms with van der Waals surface area (Å²) in [7, 11) is -3.57. The molecule has 0 aliphatic heterocycles. The molecule has 0 saturated heterocycles. The first-order valence-electron chi connectivity index (χ1n) is 6.70. The summed E-state index contributed by atoms with van der Waals surface area (Å²) in [5.74, 6) is -1.14. The Kier molecular flexibility index (Phi) is 4.44. The van der Waals surface area contributed by atoms with Crippen LogP contribution in [-0.4, -0.2) is 35.3 Å². The molecule has 1 saturated carbocycles. The molecule has 1 aromatic rings. The molecule has 7 nitrogen and oxygen atoms in total. The minimum atomic E-state index is -3.57. The summed E-state index contributed by atoms with van der Waals surface area (Å²) in [5.41, 5.74) is 0. The maximum absolute atomic E-state index is 12.2. The molecule has 2 N–H and O–H groups in total. The number of aryl methyl sites for hydroxylation is 1. The molecule has 2 rings (SSSR count). The van der Waals surface area contributed by atoms with Gasteiger partial charge in [-0.15, -0.1) is 0 Å². The third-order valence-corrected chi connectivity index (χ3v) is 5.12. The zero-order chi connectivity index (χ0) is 14.8. The van der Waals surface area contributed by atoms with Crippen LogP contribution in [0.4, 0.5) is 0 Å². The van der Waals surface area contributed by atoms with Crippen molar-refractivity contribution in [3.05, 3.63) is 12.4 Å². The maximum Gasteiger partial charge on any atom is 0.306 e. The quantitative estimate of drug-likeness (QED) is 0.838. The van der Waals surface area contributed by atoms with Crippen LogP contribution in [0.3, 0.4) is 0 Å². The minimum absolute atomic E-state index is 0.153. The molecule has 112 valence electrons. The Morgan fingerprint density at radius 2 is 2.10 bits per heavy atom. The second-order valence-electron chi connectivity index (χ2n) is 5.04. The van der Waals surface area contributed by atoms with Crippen LogP contribution in [-0.2, 0) is 21.4 Å². The number of carbonyl (C=O) groups is 1. The molecule has 1 aliphatic rings. The molecule has 1 aromatic heterocycles. The Bertz CT molecular complexity index is 573. The van der Waals surface area contributed by atoms with E-state index in [1.54, 1.807) is 4.68 Å². The van der Waals surface area contributed by atoms with E-state index >= 15 is 0 Å². The van der Waals surface area contributed by atoms with Crippen LogP contribution < -0.4 is 4.72 Å². The largest absolute Gasteiger partial charge is 0.481 e. The Balaban J connectivity index is 1.98. The fraction of sp³-hybridized carbons (Fsp3) is 0.667. The summed E-state index contributed by atoms with van der Waals surface area (Å²) < 4.78 is 28.5. The van der Waals surface area contributed by atoms with Crippen molar-refractivity contribution < 1.29 is 18.3 Å². The summed E-state index contributed by atoms with van der Waals surface area (Å²) in [6.07, 6.45) is 4.95. The average Bonchev–Trinajstić information content (AvgIpc) is 2.88. The van der Waals surface area contributed by atoms with Gasteiger partial charge >= 0.3 is 5.97 Å². The van der Waals surface area contributed by atoms with Gasteiger partial charge in [-0.3, -0.25) is 9.48 Å². The Morgan fingerprint density at radius 1 is 1.45 bits per heavy atom. The molecule has 0 bridgehead atoms. The van der Waals surface area contributed by atoms with Gasteiger partial charge in [-0.25, -0.2) is 13.1 Å². The first-order chi connectivity index (χ1) is 9.42. The molecule has 1 fully saturated rings. The molecule has 1 aliphatic carbocycles. The van der Waals surface area contributed by atoms with E-state index in [9.17, 15) is 13.2 Å². The lowest BCUT2D eigenvalue weighted by Crippen LogP contribution is -2.38. The molecule has 0 amide bonds. The van der Waals surface area contributed by atoms with Crippen LogP contribution in [0, 0.1) is 5.92 Å². The molecule has 0 atom stereocenters. The van der Waals surface area contributed by atoms with Crippen LogP contribution in [0.2, 0.25) is 0 Å². The number of nitrogens with one attached hydrogen (secondary N) is 1. The number of aliphatic carboxylic acids is 1. The maximum atomic E-state index is 12.2. The topological polar surface area (TPSA) is 101 Å². The highest BCUT2D eigenvalue weighted by Gasteiger charge is 2.29. The smallest absolute Gasteiger partial charge is 0.306 e. The van der Waals surface area contributed by atoms with Gasteiger partial charge in [0.05, 0.1) is 12.1 Å². The van der Waals surface area contributed by atoms with E-state index in [2.05, 4.69) is 9.82 Å². The van der Waals surface area contributed by atoms with Gasteiger partial charge in [0.15, 0.2) is 0 Å². The Morgan fingerprint density at radius 3 is 2.60 bits per heavy atom. The molecular formula is C12H19N3O4S. The van der Waals surface area contributed by atoms with Crippen LogP contribution in [0.25, 0.3) is 0 Å². The van der Waals surface area contributed by atoms with Crippen molar-refractivity contribution in [2.45, 2.75) is 50.1 Å². The molecule has 20 heavy (non-hydrogen) atoms. The van der Waals surface area contributed by atoms with E-state index in [0.29, 0.717) is 32.2 Å². The monoisotopic (exact) mass is 301 g/mol. The van der Waals surface area contributed by atoms with Crippen molar-refractivity contribution >= 4 is 16.0 Å². The summed E-state index contributed by atoms with van der Waals surface area (Å²) in [4.78, 5) is 11.0. The second-order valence-corrected chi connectivity index (χ2v) is 6.75. The predicted molar refractivity (Wildman–Crippen MR) is 71.6 cm³/mol. The van der Waals surface area contributed by atoms with Gasteiger partial charge in [0.2, 0.25) is 10.0 Å². The minimum Gasteiger partial charge on any atom is -0.481 e. The van der Waals surface area contributed by atoms with Crippen LogP contribution in [0.15, 0.2) is 17.3 Å². The zero-order valence-corrected chi connectivity index (χ0v) is 12.1. The van der Waals surface area contributed by atoms with E-state index < -0.39 is 16.0 Å². The molecular weight excluding hydrogens is 282 g/mol. The van der Waals surface area contributed by atoms with Crippen molar-refractivity contribution in [3.8, 4) is 0 Å². The number of rotatable bonds is 5. The summed E-state index contributed by atoms with van der Waals surface area (Å²) in [6.45, 7) is 2.49. The van der Waals surface area contributed by atoms with E-state index in [4.69, 9.17) is 5.11 Å². The van der Waals surface area contributed by atoms with Crippen molar-refractivity contribution in [1.29, 1.82) is 0 Å². The van der Waals surface area contributed by atoms with E-state index in [-0.39, 0.29) is 16.9 Å². The van der Waals surface area contributed by atoms with Gasteiger partial charge in [-0.2, -0.15) is 5.10 Å². The fourth-order valence-corrected chi connectivity index (χ4v) is 3.66. The van der Waals surface area contributed by atoms with E-state index in [1.807, 2.05) is 6.92 Å². The normalized spacial score (nSPS) is 23.6. The van der Waals surface area contributed by atoms with Crippen molar-refractivity contribution in [1.82, 2.24) is 14.5 Å². The molecule has 0 radical (unpaired) electrons. The lowest BCUT2D eigenvalue weighted by molar-refractivity contribution is -0.142. The number of hydrogen-bond donors (Lipinski definition) is 2.